The lowest BCUT2D eigenvalue weighted by Crippen LogP contribution is -2.37. The fourth-order valence-corrected chi connectivity index (χ4v) is 1.48. The molecule has 1 N–H and O–H groups in total. The van der Waals surface area contributed by atoms with Gasteiger partial charge in [0.05, 0.1) is 6.61 Å². The van der Waals surface area contributed by atoms with Gasteiger partial charge in [-0.25, -0.2) is 4.79 Å². The van der Waals surface area contributed by atoms with Crippen molar-refractivity contribution < 1.29 is 19.4 Å². The quantitative estimate of drug-likeness (QED) is 0.702. The van der Waals surface area contributed by atoms with Crippen molar-refractivity contribution in [2.45, 2.75) is 27.7 Å². The molecule has 0 aromatic carbocycles. The van der Waals surface area contributed by atoms with E-state index in [-0.39, 0.29) is 17.1 Å². The van der Waals surface area contributed by atoms with E-state index in [1.54, 1.807) is 18.9 Å². The van der Waals surface area contributed by atoms with Crippen molar-refractivity contribution in [3.63, 3.8) is 0 Å². The number of carbonyl (C=O) groups is 2. The molecule has 0 saturated carbocycles. The summed E-state index contributed by atoms with van der Waals surface area (Å²) in [5.74, 6) is -0.971. The Morgan fingerprint density at radius 2 is 1.78 bits per heavy atom. The number of aliphatic carboxylic acids is 1. The number of rotatable bonds is 7. The van der Waals surface area contributed by atoms with Gasteiger partial charge in [0.1, 0.15) is 0 Å². The monoisotopic (exact) mass is 257 g/mol. The fourth-order valence-electron chi connectivity index (χ4n) is 1.48. The molecule has 0 saturated heterocycles. The summed E-state index contributed by atoms with van der Waals surface area (Å²) in [4.78, 5) is 24.7. The summed E-state index contributed by atoms with van der Waals surface area (Å²) in [6, 6.07) is 0. The number of hydrogen-bond acceptors (Lipinski definition) is 3. The molecule has 104 valence electrons. The maximum absolute atomic E-state index is 12.2. The molecule has 18 heavy (non-hydrogen) atoms. The molecule has 0 rings (SSSR count). The van der Waals surface area contributed by atoms with Crippen molar-refractivity contribution in [1.82, 2.24) is 4.90 Å². The lowest BCUT2D eigenvalue weighted by atomic mass is 10.1. The van der Waals surface area contributed by atoms with E-state index >= 15 is 0 Å². The molecular formula is C13H23NO4. The summed E-state index contributed by atoms with van der Waals surface area (Å²) in [6.45, 7) is 8.51. The molecule has 1 amide bonds. The van der Waals surface area contributed by atoms with Crippen LogP contribution in [0.4, 0.5) is 0 Å². The summed E-state index contributed by atoms with van der Waals surface area (Å²) in [6.07, 6.45) is 0. The SMILES string of the molecule is COCCN(CC(C)C)C(=O)C(C)=C(C)C(=O)O. The molecule has 0 aliphatic carbocycles. The average Bonchev–Trinajstić information content (AvgIpc) is 2.30. The first kappa shape index (κ1) is 16.6. The predicted octanol–water partition coefficient (Wildman–Crippen LogP) is 1.54. The van der Waals surface area contributed by atoms with Gasteiger partial charge in [-0.2, -0.15) is 0 Å². The lowest BCUT2D eigenvalue weighted by molar-refractivity contribution is -0.134. The van der Waals surface area contributed by atoms with Crippen LogP contribution < -0.4 is 0 Å². The third kappa shape index (κ3) is 5.31. The van der Waals surface area contributed by atoms with Crippen LogP contribution in [0.25, 0.3) is 0 Å². The summed E-state index contributed by atoms with van der Waals surface area (Å²) < 4.78 is 4.97. The second kappa shape index (κ2) is 7.87. The van der Waals surface area contributed by atoms with Crippen LogP contribution in [0.3, 0.4) is 0 Å². The van der Waals surface area contributed by atoms with E-state index < -0.39 is 5.97 Å². The zero-order valence-corrected chi connectivity index (χ0v) is 11.8. The van der Waals surface area contributed by atoms with Crippen LogP contribution in [0.15, 0.2) is 11.1 Å². The number of nitrogens with zero attached hydrogens (tertiary/aromatic N) is 1. The molecule has 0 unspecified atom stereocenters. The number of carbonyl (C=O) groups excluding carboxylic acids is 1. The topological polar surface area (TPSA) is 66.8 Å². The van der Waals surface area contributed by atoms with E-state index in [9.17, 15) is 9.59 Å². The number of ether oxygens (including phenoxy) is 1. The number of carboxylic acid groups (broad SMARTS) is 1. The smallest absolute Gasteiger partial charge is 0.331 e. The molecule has 5 nitrogen and oxygen atoms in total. The van der Waals surface area contributed by atoms with E-state index in [2.05, 4.69) is 0 Å². The third-order valence-corrected chi connectivity index (χ3v) is 2.64. The van der Waals surface area contributed by atoms with Gasteiger partial charge < -0.3 is 14.7 Å². The highest BCUT2D eigenvalue weighted by Crippen LogP contribution is 2.10. The zero-order chi connectivity index (χ0) is 14.3. The van der Waals surface area contributed by atoms with E-state index in [0.717, 1.165) is 0 Å². The van der Waals surface area contributed by atoms with E-state index in [0.29, 0.717) is 25.6 Å². The highest BCUT2D eigenvalue weighted by atomic mass is 16.5. The molecule has 0 atom stereocenters. The van der Waals surface area contributed by atoms with Gasteiger partial charge in [0.25, 0.3) is 0 Å². The van der Waals surface area contributed by atoms with Gasteiger partial charge in [-0.05, 0) is 19.8 Å². The van der Waals surface area contributed by atoms with Crippen LogP contribution in [0.1, 0.15) is 27.7 Å². The van der Waals surface area contributed by atoms with Gasteiger partial charge in [0, 0.05) is 31.3 Å². The molecule has 5 heteroatoms. The number of hydrogen-bond donors (Lipinski definition) is 1. The van der Waals surface area contributed by atoms with Gasteiger partial charge in [-0.1, -0.05) is 13.8 Å². The molecular weight excluding hydrogens is 234 g/mol. The third-order valence-electron chi connectivity index (χ3n) is 2.64. The van der Waals surface area contributed by atoms with Crippen molar-refractivity contribution in [3.8, 4) is 0 Å². The molecule has 0 spiro atoms. The van der Waals surface area contributed by atoms with Crippen molar-refractivity contribution in [1.29, 1.82) is 0 Å². The summed E-state index contributed by atoms with van der Waals surface area (Å²) in [5.41, 5.74) is 0.366. The van der Waals surface area contributed by atoms with Crippen LogP contribution >= 0.6 is 0 Å². The van der Waals surface area contributed by atoms with Crippen molar-refractivity contribution >= 4 is 11.9 Å². The average molecular weight is 257 g/mol. The van der Waals surface area contributed by atoms with Gasteiger partial charge in [0.2, 0.25) is 5.91 Å². The molecule has 0 radical (unpaired) electrons. The molecule has 0 aliphatic heterocycles. The summed E-state index contributed by atoms with van der Waals surface area (Å²) in [7, 11) is 1.57. The van der Waals surface area contributed by atoms with Crippen molar-refractivity contribution in [2.75, 3.05) is 26.8 Å². The minimum Gasteiger partial charge on any atom is -0.478 e. The Morgan fingerprint density at radius 1 is 1.22 bits per heavy atom. The highest BCUT2D eigenvalue weighted by Gasteiger charge is 2.19. The first-order valence-electron chi connectivity index (χ1n) is 6.00. The van der Waals surface area contributed by atoms with Crippen molar-refractivity contribution in [3.05, 3.63) is 11.1 Å². The highest BCUT2D eigenvalue weighted by molar-refractivity contribution is 6.01. The van der Waals surface area contributed by atoms with Gasteiger partial charge >= 0.3 is 5.97 Å². The number of carboxylic acids is 1. The predicted molar refractivity (Wildman–Crippen MR) is 69.3 cm³/mol. The Balaban J connectivity index is 4.94. The zero-order valence-electron chi connectivity index (χ0n) is 11.8. The molecule has 0 bridgehead atoms. The maximum Gasteiger partial charge on any atom is 0.331 e. The Hall–Kier alpha value is -1.36. The fraction of sp³-hybridized carbons (Fsp3) is 0.692. The molecule has 0 aliphatic rings. The van der Waals surface area contributed by atoms with Crippen molar-refractivity contribution in [2.24, 2.45) is 5.92 Å². The Labute approximate surface area is 108 Å². The van der Waals surface area contributed by atoms with Gasteiger partial charge in [-0.3, -0.25) is 4.79 Å². The second-order valence-corrected chi connectivity index (χ2v) is 4.69. The lowest BCUT2D eigenvalue weighted by Gasteiger charge is -2.25. The van der Waals surface area contributed by atoms with E-state index in [1.165, 1.54) is 6.92 Å². The number of amides is 1. The maximum atomic E-state index is 12.2. The molecule has 0 heterocycles. The van der Waals surface area contributed by atoms with Crippen LogP contribution in [-0.2, 0) is 14.3 Å². The molecule has 0 aromatic rings. The van der Waals surface area contributed by atoms with Gasteiger partial charge in [-0.15, -0.1) is 0 Å². The standard InChI is InChI=1S/C13H23NO4/c1-9(2)8-14(6-7-18-5)12(15)10(3)11(4)13(16)17/h9H,6-8H2,1-5H3,(H,16,17). The molecule has 0 aromatic heterocycles. The summed E-state index contributed by atoms with van der Waals surface area (Å²) in [5, 5.41) is 8.89. The van der Waals surface area contributed by atoms with Crippen LogP contribution in [0.5, 0.6) is 0 Å². The Bertz CT molecular complexity index is 334. The van der Waals surface area contributed by atoms with Crippen LogP contribution in [-0.4, -0.2) is 48.7 Å². The number of methoxy groups -OCH3 is 1. The minimum atomic E-state index is -1.06. The summed E-state index contributed by atoms with van der Waals surface area (Å²) >= 11 is 0. The largest absolute Gasteiger partial charge is 0.478 e. The second-order valence-electron chi connectivity index (χ2n) is 4.69. The molecule has 0 fully saturated rings. The first-order valence-corrected chi connectivity index (χ1v) is 6.00. The van der Waals surface area contributed by atoms with E-state index in [1.807, 2.05) is 13.8 Å². The minimum absolute atomic E-state index is 0.0890. The van der Waals surface area contributed by atoms with Gasteiger partial charge in [0.15, 0.2) is 0 Å². The van der Waals surface area contributed by atoms with E-state index in [4.69, 9.17) is 9.84 Å². The first-order chi connectivity index (χ1) is 8.31. The Morgan fingerprint density at radius 3 is 2.17 bits per heavy atom. The van der Waals surface area contributed by atoms with Crippen LogP contribution in [0.2, 0.25) is 0 Å². The van der Waals surface area contributed by atoms with Crippen LogP contribution in [0, 0.1) is 5.92 Å². The Kier molecular flexibility index (Phi) is 7.27. The normalized spacial score (nSPS) is 12.3.